The molecule has 1 aliphatic rings. The minimum absolute atomic E-state index is 0.0485. The smallest absolute Gasteiger partial charge is 0.227 e. The highest BCUT2D eigenvalue weighted by Gasteiger charge is 2.15. The lowest BCUT2D eigenvalue weighted by molar-refractivity contribution is -0.123. The monoisotopic (exact) mass is 432 g/mol. The van der Waals surface area contributed by atoms with Gasteiger partial charge in [-0.25, -0.2) is 0 Å². The van der Waals surface area contributed by atoms with E-state index in [9.17, 15) is 4.79 Å². The number of carbonyl (C=O) groups excluding carboxylic acids is 1. The number of nitrogens with two attached hydrogens (primary N) is 1. The molecule has 1 aromatic carbocycles. The number of nitrogens with zero attached hydrogens (tertiary/aromatic N) is 1. The van der Waals surface area contributed by atoms with E-state index in [1.165, 1.54) is 7.05 Å². The van der Waals surface area contributed by atoms with Crippen LogP contribution in [0, 0.1) is 12.8 Å². The SMILES string of the molecule is CCC(/C=C(\C)c1ccccc1)C(=O)NCc1cnc(C2=CC(C)NC=C2)c(C)c1.CN. The largest absolute Gasteiger partial charge is 0.385 e. The van der Waals surface area contributed by atoms with Gasteiger partial charge < -0.3 is 16.4 Å². The fourth-order valence-electron chi connectivity index (χ4n) is 3.65. The van der Waals surface area contributed by atoms with E-state index in [4.69, 9.17) is 0 Å². The molecule has 1 aromatic heterocycles. The standard InChI is InChI=1S/C26H31N3O.CH5N/c1-5-22(14-18(2)23-9-7-6-8-10-23)26(30)29-17-21-13-19(3)25(28-16-21)24-11-12-27-20(4)15-24;1-2/h6-16,20,22,27H,5,17H2,1-4H3,(H,29,30);2H2,1H3/b18-14+;. The third kappa shape index (κ3) is 6.92. The van der Waals surface area contributed by atoms with Crippen molar-refractivity contribution in [3.05, 3.63) is 89.4 Å². The molecule has 2 unspecified atom stereocenters. The minimum atomic E-state index is -0.148. The second-order valence-electron chi connectivity index (χ2n) is 7.87. The van der Waals surface area contributed by atoms with Crippen LogP contribution in [0.2, 0.25) is 0 Å². The summed E-state index contributed by atoms with van der Waals surface area (Å²) >= 11 is 0. The van der Waals surface area contributed by atoms with Crippen molar-refractivity contribution in [3.8, 4) is 0 Å². The Morgan fingerprint density at radius 3 is 2.62 bits per heavy atom. The molecule has 0 saturated heterocycles. The molecule has 170 valence electrons. The van der Waals surface area contributed by atoms with Crippen molar-refractivity contribution in [3.63, 3.8) is 0 Å². The van der Waals surface area contributed by atoms with E-state index in [-0.39, 0.29) is 11.8 Å². The topological polar surface area (TPSA) is 80.0 Å². The van der Waals surface area contributed by atoms with Crippen molar-refractivity contribution in [2.24, 2.45) is 11.7 Å². The highest BCUT2D eigenvalue weighted by atomic mass is 16.1. The van der Waals surface area contributed by atoms with E-state index in [0.717, 1.165) is 40.0 Å². The molecule has 3 rings (SSSR count). The zero-order chi connectivity index (χ0) is 23.5. The van der Waals surface area contributed by atoms with Crippen molar-refractivity contribution in [2.75, 3.05) is 7.05 Å². The predicted molar refractivity (Wildman–Crippen MR) is 135 cm³/mol. The zero-order valence-corrected chi connectivity index (χ0v) is 19.9. The van der Waals surface area contributed by atoms with Gasteiger partial charge >= 0.3 is 0 Å². The Hall–Kier alpha value is -3.18. The summed E-state index contributed by atoms with van der Waals surface area (Å²) in [5.74, 6) is -0.0996. The lowest BCUT2D eigenvalue weighted by Gasteiger charge is -2.17. The van der Waals surface area contributed by atoms with Gasteiger partial charge in [-0.05, 0) is 74.4 Å². The number of aryl methyl sites for hydroxylation is 1. The lowest BCUT2D eigenvalue weighted by Crippen LogP contribution is -2.29. The maximum Gasteiger partial charge on any atom is 0.227 e. The van der Waals surface area contributed by atoms with E-state index < -0.39 is 0 Å². The summed E-state index contributed by atoms with van der Waals surface area (Å²) in [5.41, 5.74) is 11.0. The highest BCUT2D eigenvalue weighted by molar-refractivity contribution is 5.82. The maximum absolute atomic E-state index is 12.7. The van der Waals surface area contributed by atoms with Crippen LogP contribution >= 0.6 is 0 Å². The van der Waals surface area contributed by atoms with Crippen LogP contribution in [-0.4, -0.2) is 24.0 Å². The Labute approximate surface area is 192 Å². The first-order valence-corrected chi connectivity index (χ1v) is 11.2. The molecule has 2 atom stereocenters. The van der Waals surface area contributed by atoms with Crippen LogP contribution in [0.25, 0.3) is 11.1 Å². The molecule has 2 heterocycles. The molecular weight excluding hydrogens is 396 g/mol. The Kier molecular flexibility index (Phi) is 9.89. The normalized spacial score (nSPS) is 16.2. The molecule has 0 radical (unpaired) electrons. The van der Waals surface area contributed by atoms with Crippen LogP contribution in [0.15, 0.2) is 67.0 Å². The van der Waals surface area contributed by atoms with Crippen LogP contribution in [0.4, 0.5) is 0 Å². The van der Waals surface area contributed by atoms with Crippen molar-refractivity contribution in [1.82, 2.24) is 15.6 Å². The summed E-state index contributed by atoms with van der Waals surface area (Å²) in [6, 6.07) is 12.6. The number of allylic oxidation sites excluding steroid dienone is 3. The van der Waals surface area contributed by atoms with Crippen LogP contribution in [0.1, 0.15) is 49.6 Å². The van der Waals surface area contributed by atoms with Crippen molar-refractivity contribution in [1.29, 1.82) is 0 Å². The molecule has 2 aromatic rings. The maximum atomic E-state index is 12.7. The first-order valence-electron chi connectivity index (χ1n) is 11.2. The summed E-state index contributed by atoms with van der Waals surface area (Å²) in [6.07, 6.45) is 10.9. The Bertz CT molecular complexity index is 976. The Morgan fingerprint density at radius 1 is 1.28 bits per heavy atom. The van der Waals surface area contributed by atoms with E-state index in [1.54, 1.807) is 0 Å². The van der Waals surface area contributed by atoms with Crippen LogP contribution in [0.5, 0.6) is 0 Å². The highest BCUT2D eigenvalue weighted by Crippen LogP contribution is 2.22. The van der Waals surface area contributed by atoms with Crippen molar-refractivity contribution in [2.45, 2.75) is 46.7 Å². The van der Waals surface area contributed by atoms with Gasteiger partial charge in [-0.2, -0.15) is 0 Å². The summed E-state index contributed by atoms with van der Waals surface area (Å²) in [7, 11) is 1.50. The van der Waals surface area contributed by atoms with E-state index >= 15 is 0 Å². The molecule has 0 aliphatic carbocycles. The van der Waals surface area contributed by atoms with Gasteiger partial charge in [-0.15, -0.1) is 0 Å². The average Bonchev–Trinajstić information content (AvgIpc) is 2.82. The Balaban J connectivity index is 0.00000176. The van der Waals surface area contributed by atoms with E-state index in [1.807, 2.05) is 43.6 Å². The van der Waals surface area contributed by atoms with Crippen molar-refractivity contribution < 1.29 is 4.79 Å². The molecule has 0 bridgehead atoms. The van der Waals surface area contributed by atoms with Gasteiger partial charge in [0.1, 0.15) is 0 Å². The molecule has 1 amide bonds. The molecule has 5 nitrogen and oxygen atoms in total. The predicted octanol–water partition coefficient (Wildman–Crippen LogP) is 4.60. The molecule has 0 saturated carbocycles. The zero-order valence-electron chi connectivity index (χ0n) is 19.9. The average molecular weight is 433 g/mol. The summed E-state index contributed by atoms with van der Waals surface area (Å²) in [6.45, 7) is 8.76. The van der Waals surface area contributed by atoms with Gasteiger partial charge in [0, 0.05) is 18.8 Å². The lowest BCUT2D eigenvalue weighted by atomic mass is 9.98. The summed E-state index contributed by atoms with van der Waals surface area (Å²) in [4.78, 5) is 17.4. The molecule has 0 spiro atoms. The van der Waals surface area contributed by atoms with Crippen molar-refractivity contribution >= 4 is 17.1 Å². The molecule has 5 heteroatoms. The number of benzene rings is 1. The number of dihydropyridines is 1. The number of nitrogens with one attached hydrogen (secondary N) is 2. The molecule has 4 N–H and O–H groups in total. The molecule has 1 aliphatic heterocycles. The molecule has 0 fully saturated rings. The fourth-order valence-corrected chi connectivity index (χ4v) is 3.65. The number of carbonyl (C=O) groups is 1. The number of amides is 1. The van der Waals surface area contributed by atoms with Gasteiger partial charge in [0.05, 0.1) is 11.6 Å². The summed E-state index contributed by atoms with van der Waals surface area (Å²) < 4.78 is 0. The van der Waals surface area contributed by atoms with E-state index in [0.29, 0.717) is 12.6 Å². The number of rotatable bonds is 7. The Morgan fingerprint density at radius 2 is 2.00 bits per heavy atom. The fraction of sp³-hybridized carbons (Fsp3) is 0.333. The minimum Gasteiger partial charge on any atom is -0.385 e. The first-order chi connectivity index (χ1) is 15.5. The van der Waals surface area contributed by atoms with Gasteiger partial charge in [0.15, 0.2) is 0 Å². The second-order valence-corrected chi connectivity index (χ2v) is 7.87. The first kappa shape index (κ1) is 25.1. The summed E-state index contributed by atoms with van der Waals surface area (Å²) in [5, 5.41) is 6.33. The van der Waals surface area contributed by atoms with Gasteiger partial charge in [-0.3, -0.25) is 9.78 Å². The number of aromatic nitrogens is 1. The number of hydrogen-bond donors (Lipinski definition) is 3. The number of pyridine rings is 1. The number of hydrogen-bond acceptors (Lipinski definition) is 4. The third-order valence-electron chi connectivity index (χ3n) is 5.38. The van der Waals surface area contributed by atoms with Gasteiger partial charge in [0.2, 0.25) is 5.91 Å². The van der Waals surface area contributed by atoms with E-state index in [2.05, 4.69) is 72.5 Å². The van der Waals surface area contributed by atoms with Crippen LogP contribution < -0.4 is 16.4 Å². The molecule has 32 heavy (non-hydrogen) atoms. The van der Waals surface area contributed by atoms with Gasteiger partial charge in [0.25, 0.3) is 0 Å². The van der Waals surface area contributed by atoms with Gasteiger partial charge in [-0.1, -0.05) is 55.5 Å². The second kappa shape index (κ2) is 12.6. The van der Waals surface area contributed by atoms with Crippen LogP contribution in [-0.2, 0) is 11.3 Å². The quantitative estimate of drug-likeness (QED) is 0.597. The molecular formula is C27H36N4O. The van der Waals surface area contributed by atoms with Crippen LogP contribution in [0.3, 0.4) is 0 Å². The third-order valence-corrected chi connectivity index (χ3v) is 5.38.